The highest BCUT2D eigenvalue weighted by Gasteiger charge is 2.21. The van der Waals surface area contributed by atoms with Gasteiger partial charge in [-0.1, -0.05) is 0 Å². The lowest BCUT2D eigenvalue weighted by Gasteiger charge is -2.33. The molecule has 3 rings (SSSR count). The predicted octanol–water partition coefficient (Wildman–Crippen LogP) is 0.958. The van der Waals surface area contributed by atoms with Gasteiger partial charge in [-0.05, 0) is 18.9 Å². The molecule has 0 bridgehead atoms. The van der Waals surface area contributed by atoms with Crippen molar-refractivity contribution in [1.82, 2.24) is 25.3 Å². The third-order valence-corrected chi connectivity index (χ3v) is 3.37. The molecule has 2 aromatic rings. The van der Waals surface area contributed by atoms with Crippen molar-refractivity contribution in [3.63, 3.8) is 0 Å². The second-order valence-corrected chi connectivity index (χ2v) is 4.75. The van der Waals surface area contributed by atoms with E-state index in [9.17, 15) is 0 Å². The van der Waals surface area contributed by atoms with Crippen molar-refractivity contribution >= 4 is 5.95 Å². The third-order valence-electron chi connectivity index (χ3n) is 3.37. The fraction of sp³-hybridized carbons (Fsp3) is 0.462. The topological polar surface area (TPSA) is 69.7 Å². The van der Waals surface area contributed by atoms with Crippen LogP contribution in [-0.4, -0.2) is 39.1 Å². The molecule has 2 N–H and O–H groups in total. The Morgan fingerprint density at radius 1 is 1.26 bits per heavy atom. The lowest BCUT2D eigenvalue weighted by molar-refractivity contribution is 0.414. The van der Waals surface area contributed by atoms with Crippen molar-refractivity contribution in [2.75, 3.05) is 18.0 Å². The van der Waals surface area contributed by atoms with Gasteiger partial charge in [0.25, 0.3) is 0 Å². The first kappa shape index (κ1) is 12.1. The van der Waals surface area contributed by atoms with Crippen LogP contribution in [0.4, 0.5) is 5.95 Å². The monoisotopic (exact) mass is 258 g/mol. The predicted molar refractivity (Wildman–Crippen MR) is 72.7 cm³/mol. The number of piperidine rings is 1. The molecule has 0 radical (unpaired) electrons. The summed E-state index contributed by atoms with van der Waals surface area (Å²) in [6.45, 7) is 2.76. The quantitative estimate of drug-likeness (QED) is 0.854. The molecule has 0 saturated carbocycles. The van der Waals surface area contributed by atoms with E-state index in [0.29, 0.717) is 6.04 Å². The molecule has 3 heterocycles. The number of nitrogens with one attached hydrogen (secondary N) is 2. The van der Waals surface area contributed by atoms with Crippen molar-refractivity contribution in [3.8, 4) is 0 Å². The molecule has 0 amide bonds. The second-order valence-electron chi connectivity index (χ2n) is 4.75. The third kappa shape index (κ3) is 3.08. The smallest absolute Gasteiger partial charge is 0.225 e. The zero-order valence-electron chi connectivity index (χ0n) is 10.8. The molecule has 6 heteroatoms. The molecule has 1 atom stereocenters. The van der Waals surface area contributed by atoms with Gasteiger partial charge in [0.2, 0.25) is 5.95 Å². The summed E-state index contributed by atoms with van der Waals surface area (Å²) in [6, 6.07) is 2.31. The lowest BCUT2D eigenvalue weighted by atomic mass is 10.1. The van der Waals surface area contributed by atoms with Gasteiger partial charge in [0.05, 0.1) is 6.54 Å². The molecule has 0 spiro atoms. The fourth-order valence-corrected chi connectivity index (χ4v) is 2.42. The first-order valence-corrected chi connectivity index (χ1v) is 6.65. The van der Waals surface area contributed by atoms with Crippen LogP contribution in [0.1, 0.15) is 18.7 Å². The number of anilines is 1. The van der Waals surface area contributed by atoms with Crippen molar-refractivity contribution in [3.05, 3.63) is 36.7 Å². The van der Waals surface area contributed by atoms with E-state index in [0.717, 1.165) is 37.8 Å². The van der Waals surface area contributed by atoms with E-state index in [2.05, 4.69) is 30.2 Å². The molecule has 2 aromatic heterocycles. The van der Waals surface area contributed by atoms with Crippen molar-refractivity contribution in [2.24, 2.45) is 0 Å². The maximum Gasteiger partial charge on any atom is 0.225 e. The van der Waals surface area contributed by atoms with E-state index in [1.165, 1.54) is 6.42 Å². The first-order valence-electron chi connectivity index (χ1n) is 6.65. The van der Waals surface area contributed by atoms with Gasteiger partial charge < -0.3 is 15.2 Å². The standard InChI is InChI=1S/C13H18N6/c1-3-11(18-9-12-14-6-7-15-12)10-19(8-1)13-16-4-2-5-17-13/h2,4-7,11,18H,1,3,8-10H2,(H,14,15). The van der Waals surface area contributed by atoms with E-state index >= 15 is 0 Å². The molecule has 1 saturated heterocycles. The summed E-state index contributed by atoms with van der Waals surface area (Å²) in [6.07, 6.45) is 9.56. The van der Waals surface area contributed by atoms with Crippen molar-refractivity contribution in [1.29, 1.82) is 0 Å². The van der Waals surface area contributed by atoms with Crippen LogP contribution >= 0.6 is 0 Å². The van der Waals surface area contributed by atoms with E-state index in [1.807, 2.05) is 12.3 Å². The van der Waals surface area contributed by atoms with Gasteiger partial charge in [-0.2, -0.15) is 0 Å². The van der Waals surface area contributed by atoms with Crippen LogP contribution < -0.4 is 10.2 Å². The molecule has 1 aliphatic rings. The average Bonchev–Trinajstić information content (AvgIpc) is 3.00. The van der Waals surface area contributed by atoms with Crippen LogP contribution in [0.25, 0.3) is 0 Å². The van der Waals surface area contributed by atoms with Gasteiger partial charge in [0.1, 0.15) is 5.82 Å². The first-order chi connectivity index (χ1) is 9.42. The molecule has 1 unspecified atom stereocenters. The highest BCUT2D eigenvalue weighted by Crippen LogP contribution is 2.15. The summed E-state index contributed by atoms with van der Waals surface area (Å²) in [7, 11) is 0. The Balaban J connectivity index is 1.56. The van der Waals surface area contributed by atoms with Gasteiger partial charge in [-0.15, -0.1) is 0 Å². The number of aromatic amines is 1. The van der Waals surface area contributed by atoms with E-state index in [1.54, 1.807) is 18.6 Å². The van der Waals surface area contributed by atoms with Crippen LogP contribution in [0.2, 0.25) is 0 Å². The Bertz CT molecular complexity index is 483. The molecule has 6 nitrogen and oxygen atoms in total. The number of imidazole rings is 1. The molecular formula is C13H18N6. The molecule has 19 heavy (non-hydrogen) atoms. The minimum Gasteiger partial charge on any atom is -0.348 e. The Labute approximate surface area is 112 Å². The second kappa shape index (κ2) is 5.79. The minimum absolute atomic E-state index is 0.461. The highest BCUT2D eigenvalue weighted by molar-refractivity contribution is 5.29. The van der Waals surface area contributed by atoms with Crippen LogP contribution in [0.5, 0.6) is 0 Å². The molecular weight excluding hydrogens is 240 g/mol. The summed E-state index contributed by atoms with van der Waals surface area (Å²) in [5.41, 5.74) is 0. The summed E-state index contributed by atoms with van der Waals surface area (Å²) < 4.78 is 0. The summed E-state index contributed by atoms with van der Waals surface area (Å²) in [4.78, 5) is 18.2. The summed E-state index contributed by atoms with van der Waals surface area (Å²) in [5, 5.41) is 3.53. The van der Waals surface area contributed by atoms with Crippen molar-refractivity contribution < 1.29 is 0 Å². The molecule has 1 aliphatic heterocycles. The number of H-pyrrole nitrogens is 1. The molecule has 1 fully saturated rings. The highest BCUT2D eigenvalue weighted by atomic mass is 15.3. The largest absolute Gasteiger partial charge is 0.348 e. The maximum atomic E-state index is 4.32. The molecule has 0 aliphatic carbocycles. The number of hydrogen-bond donors (Lipinski definition) is 2. The Hall–Kier alpha value is -1.95. The van der Waals surface area contributed by atoms with Crippen LogP contribution in [0, 0.1) is 0 Å². The summed E-state index contributed by atoms with van der Waals surface area (Å²) >= 11 is 0. The van der Waals surface area contributed by atoms with Gasteiger partial charge in [0.15, 0.2) is 0 Å². The fourth-order valence-electron chi connectivity index (χ4n) is 2.42. The number of aromatic nitrogens is 4. The van der Waals surface area contributed by atoms with Crippen LogP contribution in [0.3, 0.4) is 0 Å². The van der Waals surface area contributed by atoms with Gasteiger partial charge in [-0.3, -0.25) is 0 Å². The zero-order valence-corrected chi connectivity index (χ0v) is 10.8. The van der Waals surface area contributed by atoms with Crippen LogP contribution in [-0.2, 0) is 6.54 Å². The van der Waals surface area contributed by atoms with E-state index in [4.69, 9.17) is 0 Å². The van der Waals surface area contributed by atoms with Crippen LogP contribution in [0.15, 0.2) is 30.9 Å². The minimum atomic E-state index is 0.461. The normalized spacial score (nSPS) is 19.6. The number of hydrogen-bond acceptors (Lipinski definition) is 5. The maximum absolute atomic E-state index is 4.32. The number of rotatable bonds is 4. The Kier molecular flexibility index (Phi) is 3.69. The van der Waals surface area contributed by atoms with Crippen molar-refractivity contribution in [2.45, 2.75) is 25.4 Å². The Morgan fingerprint density at radius 2 is 2.16 bits per heavy atom. The Morgan fingerprint density at radius 3 is 2.95 bits per heavy atom. The lowest BCUT2D eigenvalue weighted by Crippen LogP contribution is -2.46. The van der Waals surface area contributed by atoms with Gasteiger partial charge in [-0.25, -0.2) is 15.0 Å². The van der Waals surface area contributed by atoms with E-state index in [-0.39, 0.29) is 0 Å². The zero-order chi connectivity index (χ0) is 12.9. The van der Waals surface area contributed by atoms with Gasteiger partial charge in [0, 0.05) is 43.9 Å². The van der Waals surface area contributed by atoms with Gasteiger partial charge >= 0.3 is 0 Å². The SMILES string of the molecule is c1cnc(N2CCCC(NCc3ncc[nH]3)C2)nc1. The average molecular weight is 258 g/mol. The molecule has 0 aromatic carbocycles. The van der Waals surface area contributed by atoms with E-state index < -0.39 is 0 Å². The number of nitrogens with zero attached hydrogens (tertiary/aromatic N) is 4. The molecule has 100 valence electrons. The summed E-state index contributed by atoms with van der Waals surface area (Å²) in [5.74, 6) is 1.81.